The van der Waals surface area contributed by atoms with E-state index in [1.807, 2.05) is 4.90 Å². The van der Waals surface area contributed by atoms with Gasteiger partial charge in [-0.3, -0.25) is 9.69 Å². The van der Waals surface area contributed by atoms with E-state index < -0.39 is 11.9 Å². The number of rotatable bonds is 4. The second-order valence-electron chi connectivity index (χ2n) is 8.02. The van der Waals surface area contributed by atoms with Gasteiger partial charge in [0.05, 0.1) is 17.6 Å². The summed E-state index contributed by atoms with van der Waals surface area (Å²) in [5, 5.41) is 3.13. The number of halogens is 3. The second-order valence-corrected chi connectivity index (χ2v) is 8.83. The van der Waals surface area contributed by atoms with Gasteiger partial charge in [-0.2, -0.15) is 0 Å². The summed E-state index contributed by atoms with van der Waals surface area (Å²) in [6.07, 6.45) is 4.56. The highest BCUT2D eigenvalue weighted by Crippen LogP contribution is 2.28. The maximum atomic E-state index is 13.8. The molecule has 30 heavy (non-hydrogen) atoms. The summed E-state index contributed by atoms with van der Waals surface area (Å²) in [5.74, 6) is -0.386. The van der Waals surface area contributed by atoms with Crippen LogP contribution in [0.5, 0.6) is 0 Å². The van der Waals surface area contributed by atoms with Crippen LogP contribution in [-0.2, 0) is 4.79 Å². The molecule has 166 valence electrons. The van der Waals surface area contributed by atoms with Gasteiger partial charge in [-0.15, -0.1) is 0 Å². The Hall–Kier alpha value is -1.57. The number of benzene rings is 1. The van der Waals surface area contributed by atoms with Crippen LogP contribution >= 0.6 is 23.2 Å². The first kappa shape index (κ1) is 23.1. The minimum Gasteiger partial charge on any atom is -0.342 e. The van der Waals surface area contributed by atoms with E-state index in [9.17, 15) is 14.0 Å². The average Bonchev–Trinajstić information content (AvgIpc) is 3.00. The Kier molecular flexibility index (Phi) is 8.20. The molecule has 0 aromatic heterocycles. The fourth-order valence-corrected chi connectivity index (χ4v) is 4.49. The molecule has 2 saturated heterocycles. The molecule has 0 radical (unpaired) electrons. The second kappa shape index (κ2) is 10.6. The van der Waals surface area contributed by atoms with Crippen LogP contribution < -0.4 is 5.32 Å². The molecule has 0 aliphatic carbocycles. The summed E-state index contributed by atoms with van der Waals surface area (Å²) in [7, 11) is 0. The van der Waals surface area contributed by atoms with E-state index in [-0.39, 0.29) is 17.0 Å². The predicted octanol–water partition coefficient (Wildman–Crippen LogP) is 3.92. The Balaban J connectivity index is 1.47. The monoisotopic (exact) mass is 458 g/mol. The number of carbonyl (C=O) groups is 2. The third-order valence-corrected chi connectivity index (χ3v) is 6.44. The first-order chi connectivity index (χ1) is 14.3. The topological polar surface area (TPSA) is 55.9 Å². The van der Waals surface area contributed by atoms with Gasteiger partial charge >= 0.3 is 6.03 Å². The van der Waals surface area contributed by atoms with Crippen molar-refractivity contribution in [1.29, 1.82) is 0 Å². The lowest BCUT2D eigenvalue weighted by atomic mass is 10.1. The predicted molar refractivity (Wildman–Crippen MR) is 116 cm³/mol. The molecule has 2 aliphatic heterocycles. The standard InChI is InChI=1S/C21H29Cl2FN4O2/c1-15(16-12-19(24)18(23)13-17(16)22)25-21(30)28-10-8-26(9-11-28)14-20(29)27-6-4-2-3-5-7-27/h12-13,15H,2-11,14H2,1H3,(H,25,30). The van der Waals surface area contributed by atoms with Crippen molar-refractivity contribution >= 4 is 35.1 Å². The van der Waals surface area contributed by atoms with Gasteiger partial charge < -0.3 is 15.1 Å². The van der Waals surface area contributed by atoms with Crippen LogP contribution in [0, 0.1) is 5.82 Å². The van der Waals surface area contributed by atoms with Crippen LogP contribution in [0.15, 0.2) is 12.1 Å². The SMILES string of the molecule is CC(NC(=O)N1CCN(CC(=O)N2CCCCCC2)CC1)c1cc(F)c(Cl)cc1Cl. The Labute approximate surface area is 187 Å². The number of amides is 3. The minimum atomic E-state index is -0.570. The number of likely N-dealkylation sites (tertiary alicyclic amines) is 1. The van der Waals surface area contributed by atoms with E-state index in [2.05, 4.69) is 10.2 Å². The van der Waals surface area contributed by atoms with Crippen LogP contribution in [-0.4, -0.2) is 72.5 Å². The van der Waals surface area contributed by atoms with E-state index >= 15 is 0 Å². The lowest BCUT2D eigenvalue weighted by Crippen LogP contribution is -2.54. The highest BCUT2D eigenvalue weighted by Gasteiger charge is 2.26. The molecule has 0 spiro atoms. The van der Waals surface area contributed by atoms with E-state index in [0.717, 1.165) is 25.9 Å². The molecular weight excluding hydrogens is 430 g/mol. The van der Waals surface area contributed by atoms with Gasteiger partial charge in [0.2, 0.25) is 5.91 Å². The minimum absolute atomic E-state index is 0.0480. The van der Waals surface area contributed by atoms with Crippen LogP contribution in [0.1, 0.15) is 44.2 Å². The van der Waals surface area contributed by atoms with Crippen molar-refractivity contribution in [2.45, 2.75) is 38.6 Å². The Morgan fingerprint density at radius 1 is 0.967 bits per heavy atom. The van der Waals surface area contributed by atoms with Crippen LogP contribution in [0.2, 0.25) is 10.0 Å². The van der Waals surface area contributed by atoms with Crippen LogP contribution in [0.25, 0.3) is 0 Å². The summed E-state index contributed by atoms with van der Waals surface area (Å²) < 4.78 is 13.8. The summed E-state index contributed by atoms with van der Waals surface area (Å²) in [6, 6.07) is 1.91. The third-order valence-electron chi connectivity index (χ3n) is 5.82. The van der Waals surface area contributed by atoms with E-state index in [0.29, 0.717) is 43.3 Å². The van der Waals surface area contributed by atoms with E-state index in [1.54, 1.807) is 11.8 Å². The first-order valence-electron chi connectivity index (χ1n) is 10.5. The molecule has 3 amide bonds. The van der Waals surface area contributed by atoms with Gasteiger partial charge in [-0.05, 0) is 37.5 Å². The highest BCUT2D eigenvalue weighted by atomic mass is 35.5. The Morgan fingerprint density at radius 2 is 1.60 bits per heavy atom. The van der Waals surface area contributed by atoms with Crippen molar-refractivity contribution in [1.82, 2.24) is 20.0 Å². The summed E-state index contributed by atoms with van der Waals surface area (Å²) >= 11 is 11.9. The van der Waals surface area contributed by atoms with E-state index in [1.165, 1.54) is 25.0 Å². The zero-order valence-corrected chi connectivity index (χ0v) is 18.8. The zero-order chi connectivity index (χ0) is 21.7. The third kappa shape index (κ3) is 5.99. The van der Waals surface area contributed by atoms with Crippen molar-refractivity contribution in [2.24, 2.45) is 0 Å². The number of hydrogen-bond donors (Lipinski definition) is 1. The van der Waals surface area contributed by atoms with Crippen LogP contribution in [0.3, 0.4) is 0 Å². The summed E-state index contributed by atoms with van der Waals surface area (Å²) in [4.78, 5) is 31.0. The lowest BCUT2D eigenvalue weighted by Gasteiger charge is -2.35. The molecule has 1 unspecified atom stereocenters. The van der Waals surface area contributed by atoms with Crippen molar-refractivity contribution in [3.8, 4) is 0 Å². The van der Waals surface area contributed by atoms with Crippen molar-refractivity contribution in [2.75, 3.05) is 45.8 Å². The van der Waals surface area contributed by atoms with Gasteiger partial charge in [-0.1, -0.05) is 36.0 Å². The molecule has 0 bridgehead atoms. The normalized spacial score (nSPS) is 19.3. The fraction of sp³-hybridized carbons (Fsp3) is 0.619. The molecular formula is C21H29Cl2FN4O2. The molecule has 2 heterocycles. The number of nitrogens with zero attached hydrogens (tertiary/aromatic N) is 3. The van der Waals surface area contributed by atoms with Crippen molar-refractivity contribution in [3.63, 3.8) is 0 Å². The summed E-state index contributed by atoms with van der Waals surface area (Å²) in [6.45, 7) is 6.24. The number of carbonyl (C=O) groups excluding carboxylic acids is 2. The molecule has 1 N–H and O–H groups in total. The number of piperazine rings is 1. The molecule has 0 saturated carbocycles. The molecule has 6 nitrogen and oxygen atoms in total. The van der Waals surface area contributed by atoms with Crippen molar-refractivity contribution in [3.05, 3.63) is 33.6 Å². The smallest absolute Gasteiger partial charge is 0.317 e. The first-order valence-corrected chi connectivity index (χ1v) is 11.3. The van der Waals surface area contributed by atoms with Gasteiger partial charge in [0, 0.05) is 44.3 Å². The maximum absolute atomic E-state index is 13.8. The molecule has 2 fully saturated rings. The highest BCUT2D eigenvalue weighted by molar-refractivity contribution is 6.35. The summed E-state index contributed by atoms with van der Waals surface area (Å²) in [5.41, 5.74) is 0.480. The quantitative estimate of drug-likeness (QED) is 0.695. The largest absolute Gasteiger partial charge is 0.342 e. The van der Waals surface area contributed by atoms with Gasteiger partial charge in [0.15, 0.2) is 0 Å². The van der Waals surface area contributed by atoms with Gasteiger partial charge in [0.25, 0.3) is 0 Å². The van der Waals surface area contributed by atoms with E-state index in [4.69, 9.17) is 23.2 Å². The number of urea groups is 1. The van der Waals surface area contributed by atoms with Gasteiger partial charge in [-0.25, -0.2) is 9.18 Å². The molecule has 2 aliphatic rings. The Morgan fingerprint density at radius 3 is 2.23 bits per heavy atom. The number of hydrogen-bond acceptors (Lipinski definition) is 3. The zero-order valence-electron chi connectivity index (χ0n) is 17.3. The average molecular weight is 459 g/mol. The molecule has 1 aromatic rings. The maximum Gasteiger partial charge on any atom is 0.317 e. The molecule has 1 aromatic carbocycles. The van der Waals surface area contributed by atoms with Crippen molar-refractivity contribution < 1.29 is 14.0 Å². The van der Waals surface area contributed by atoms with Gasteiger partial charge in [0.1, 0.15) is 5.82 Å². The number of nitrogens with one attached hydrogen (secondary N) is 1. The Bertz CT molecular complexity index is 764. The fourth-order valence-electron chi connectivity index (χ4n) is 3.94. The molecule has 3 rings (SSSR count). The lowest BCUT2D eigenvalue weighted by molar-refractivity contribution is -0.132. The molecule has 9 heteroatoms. The molecule has 1 atom stereocenters. The van der Waals surface area contributed by atoms with Crippen LogP contribution in [0.4, 0.5) is 9.18 Å².